The lowest BCUT2D eigenvalue weighted by atomic mass is 10.0. The van der Waals surface area contributed by atoms with Gasteiger partial charge in [0.15, 0.2) is 0 Å². The van der Waals surface area contributed by atoms with E-state index < -0.39 is 12.0 Å². The Bertz CT molecular complexity index is 308. The number of carbonyl (C=O) groups excluding carboxylic acids is 1. The van der Waals surface area contributed by atoms with E-state index in [1.807, 2.05) is 6.92 Å². The van der Waals surface area contributed by atoms with Crippen LogP contribution in [0.25, 0.3) is 0 Å². The van der Waals surface area contributed by atoms with Crippen LogP contribution in [0.1, 0.15) is 33.1 Å². The molecule has 2 amide bonds. The lowest BCUT2D eigenvalue weighted by Gasteiger charge is -2.31. The van der Waals surface area contributed by atoms with E-state index in [0.29, 0.717) is 13.0 Å². The van der Waals surface area contributed by atoms with Gasteiger partial charge in [-0.15, -0.1) is 0 Å². The molecular weight excluding hydrogens is 236 g/mol. The van der Waals surface area contributed by atoms with Crippen LogP contribution >= 0.6 is 0 Å². The van der Waals surface area contributed by atoms with Crippen LogP contribution < -0.4 is 5.32 Å². The van der Waals surface area contributed by atoms with Gasteiger partial charge in [0.1, 0.15) is 6.04 Å². The molecule has 1 rings (SSSR count). The molecule has 0 radical (unpaired) electrons. The van der Waals surface area contributed by atoms with E-state index in [0.717, 1.165) is 12.8 Å². The summed E-state index contributed by atoms with van der Waals surface area (Å²) in [6.07, 6.45) is 2.07. The molecule has 1 aliphatic rings. The zero-order valence-electron chi connectivity index (χ0n) is 11.2. The number of nitrogens with one attached hydrogen (secondary N) is 1. The summed E-state index contributed by atoms with van der Waals surface area (Å²) >= 11 is 0. The maximum Gasteiger partial charge on any atom is 0.326 e. The molecule has 2 N–H and O–H groups in total. The molecule has 3 atom stereocenters. The standard InChI is InChI=1S/C12H22N2O4/c1-4-10(11(15)16)14(3)12(17)13-9-5-6-18-8(2)7-9/h8-10H,4-7H2,1-3H3,(H,13,17)(H,15,16). The summed E-state index contributed by atoms with van der Waals surface area (Å²) in [5.41, 5.74) is 0. The molecule has 6 heteroatoms. The predicted octanol–water partition coefficient (Wildman–Crippen LogP) is 1.06. The first-order valence-electron chi connectivity index (χ1n) is 6.33. The number of rotatable bonds is 4. The van der Waals surface area contributed by atoms with Gasteiger partial charge in [0.2, 0.25) is 0 Å². The number of hydrogen-bond acceptors (Lipinski definition) is 3. The van der Waals surface area contributed by atoms with Crippen molar-refractivity contribution in [2.45, 2.75) is 51.3 Å². The Morgan fingerprint density at radius 1 is 1.56 bits per heavy atom. The van der Waals surface area contributed by atoms with Crippen molar-refractivity contribution in [1.29, 1.82) is 0 Å². The fraction of sp³-hybridized carbons (Fsp3) is 0.833. The number of amides is 2. The maximum atomic E-state index is 11.9. The van der Waals surface area contributed by atoms with E-state index in [-0.39, 0.29) is 18.2 Å². The van der Waals surface area contributed by atoms with Crippen molar-refractivity contribution in [3.8, 4) is 0 Å². The fourth-order valence-corrected chi connectivity index (χ4v) is 2.16. The van der Waals surface area contributed by atoms with Crippen LogP contribution in [-0.4, -0.2) is 53.8 Å². The van der Waals surface area contributed by atoms with Crippen molar-refractivity contribution >= 4 is 12.0 Å². The van der Waals surface area contributed by atoms with Gasteiger partial charge in [-0.25, -0.2) is 9.59 Å². The predicted molar refractivity (Wildman–Crippen MR) is 66.4 cm³/mol. The number of nitrogens with zero attached hydrogens (tertiary/aromatic N) is 1. The maximum absolute atomic E-state index is 11.9. The Morgan fingerprint density at radius 2 is 2.22 bits per heavy atom. The van der Waals surface area contributed by atoms with E-state index in [2.05, 4.69) is 5.32 Å². The summed E-state index contributed by atoms with van der Waals surface area (Å²) in [5.74, 6) is -0.976. The Labute approximate surface area is 107 Å². The molecule has 104 valence electrons. The molecule has 0 aromatic carbocycles. The van der Waals surface area contributed by atoms with Gasteiger partial charge in [-0.2, -0.15) is 0 Å². The first kappa shape index (κ1) is 14.8. The second-order valence-electron chi connectivity index (χ2n) is 4.73. The monoisotopic (exact) mass is 258 g/mol. The Kier molecular flexibility index (Phi) is 5.40. The van der Waals surface area contributed by atoms with Gasteiger partial charge < -0.3 is 20.1 Å². The van der Waals surface area contributed by atoms with Crippen molar-refractivity contribution < 1.29 is 19.4 Å². The molecule has 3 unspecified atom stereocenters. The molecule has 1 heterocycles. The lowest BCUT2D eigenvalue weighted by Crippen LogP contribution is -2.51. The summed E-state index contributed by atoms with van der Waals surface area (Å²) in [4.78, 5) is 24.2. The highest BCUT2D eigenvalue weighted by Gasteiger charge is 2.27. The second kappa shape index (κ2) is 6.58. The van der Waals surface area contributed by atoms with Gasteiger partial charge in [0.05, 0.1) is 6.10 Å². The molecule has 1 fully saturated rings. The molecule has 0 aromatic heterocycles. The summed E-state index contributed by atoms with van der Waals surface area (Å²) in [5, 5.41) is 11.9. The number of ether oxygens (including phenoxy) is 1. The van der Waals surface area contributed by atoms with E-state index >= 15 is 0 Å². The number of carbonyl (C=O) groups is 2. The Morgan fingerprint density at radius 3 is 2.72 bits per heavy atom. The lowest BCUT2D eigenvalue weighted by molar-refractivity contribution is -0.141. The number of urea groups is 1. The molecule has 1 aliphatic heterocycles. The Balaban J connectivity index is 2.50. The van der Waals surface area contributed by atoms with Gasteiger partial charge in [-0.1, -0.05) is 6.92 Å². The van der Waals surface area contributed by atoms with Crippen LogP contribution in [0, 0.1) is 0 Å². The largest absolute Gasteiger partial charge is 0.480 e. The first-order chi connectivity index (χ1) is 8.45. The highest BCUT2D eigenvalue weighted by molar-refractivity contribution is 5.82. The number of likely N-dealkylation sites (N-methyl/N-ethyl adjacent to an activating group) is 1. The number of hydrogen-bond donors (Lipinski definition) is 2. The average molecular weight is 258 g/mol. The van der Waals surface area contributed by atoms with E-state index in [1.165, 1.54) is 11.9 Å². The van der Waals surface area contributed by atoms with Gasteiger partial charge >= 0.3 is 12.0 Å². The van der Waals surface area contributed by atoms with Crippen LogP contribution in [0.5, 0.6) is 0 Å². The smallest absolute Gasteiger partial charge is 0.326 e. The van der Waals surface area contributed by atoms with Crippen LogP contribution in [0.15, 0.2) is 0 Å². The number of carboxylic acid groups (broad SMARTS) is 1. The highest BCUT2D eigenvalue weighted by atomic mass is 16.5. The van der Waals surface area contributed by atoms with Gasteiger partial charge in [-0.05, 0) is 26.2 Å². The van der Waals surface area contributed by atoms with Gasteiger partial charge in [0, 0.05) is 19.7 Å². The third kappa shape index (κ3) is 3.87. The fourth-order valence-electron chi connectivity index (χ4n) is 2.16. The minimum Gasteiger partial charge on any atom is -0.480 e. The SMILES string of the molecule is CCC(C(=O)O)N(C)C(=O)NC1CCOC(C)C1. The molecule has 0 aromatic rings. The second-order valence-corrected chi connectivity index (χ2v) is 4.73. The molecule has 18 heavy (non-hydrogen) atoms. The number of carboxylic acids is 1. The van der Waals surface area contributed by atoms with Gasteiger partial charge in [0.25, 0.3) is 0 Å². The summed E-state index contributed by atoms with van der Waals surface area (Å²) in [6.45, 7) is 4.35. The highest BCUT2D eigenvalue weighted by Crippen LogP contribution is 2.14. The third-order valence-corrected chi connectivity index (χ3v) is 3.27. The zero-order valence-corrected chi connectivity index (χ0v) is 11.2. The van der Waals surface area contributed by atoms with E-state index in [4.69, 9.17) is 9.84 Å². The van der Waals surface area contributed by atoms with Crippen molar-refractivity contribution in [3.63, 3.8) is 0 Å². The van der Waals surface area contributed by atoms with Crippen molar-refractivity contribution in [2.24, 2.45) is 0 Å². The summed E-state index contributed by atoms with van der Waals surface area (Å²) in [6, 6.07) is -1.04. The molecule has 0 saturated carbocycles. The molecule has 0 aliphatic carbocycles. The summed E-state index contributed by atoms with van der Waals surface area (Å²) in [7, 11) is 1.51. The van der Waals surface area contributed by atoms with Gasteiger partial charge in [-0.3, -0.25) is 0 Å². The van der Waals surface area contributed by atoms with Crippen LogP contribution in [0.4, 0.5) is 4.79 Å². The van der Waals surface area contributed by atoms with Crippen LogP contribution in [-0.2, 0) is 9.53 Å². The van der Waals surface area contributed by atoms with Crippen molar-refractivity contribution in [2.75, 3.05) is 13.7 Å². The third-order valence-electron chi connectivity index (χ3n) is 3.27. The van der Waals surface area contributed by atoms with Crippen molar-refractivity contribution in [1.82, 2.24) is 10.2 Å². The molecule has 0 bridgehead atoms. The van der Waals surface area contributed by atoms with E-state index in [1.54, 1.807) is 6.92 Å². The molecule has 0 spiro atoms. The number of aliphatic carboxylic acids is 1. The van der Waals surface area contributed by atoms with E-state index in [9.17, 15) is 9.59 Å². The minimum atomic E-state index is -0.976. The van der Waals surface area contributed by atoms with Crippen LogP contribution in [0.2, 0.25) is 0 Å². The molecular formula is C12H22N2O4. The molecule has 6 nitrogen and oxygen atoms in total. The quantitative estimate of drug-likeness (QED) is 0.790. The Hall–Kier alpha value is -1.30. The zero-order chi connectivity index (χ0) is 13.7. The first-order valence-corrected chi connectivity index (χ1v) is 6.33. The topological polar surface area (TPSA) is 78.9 Å². The van der Waals surface area contributed by atoms with Crippen molar-refractivity contribution in [3.05, 3.63) is 0 Å². The average Bonchev–Trinajstić information content (AvgIpc) is 2.29. The molecule has 1 saturated heterocycles. The minimum absolute atomic E-state index is 0.0648. The summed E-state index contributed by atoms with van der Waals surface area (Å²) < 4.78 is 5.40. The normalized spacial score (nSPS) is 25.3. The van der Waals surface area contributed by atoms with Crippen LogP contribution in [0.3, 0.4) is 0 Å².